The molecule has 2 saturated heterocycles. The molecule has 0 radical (unpaired) electrons. The Kier molecular flexibility index (Phi) is 6.50. The van der Waals surface area contributed by atoms with E-state index < -0.39 is 10.0 Å². The maximum atomic E-state index is 13.0. The maximum absolute atomic E-state index is 13.0. The normalized spacial score (nSPS) is 23.7. The van der Waals surface area contributed by atoms with E-state index >= 15 is 0 Å². The Morgan fingerprint density at radius 2 is 1.57 bits per heavy atom. The molecule has 168 valence electrons. The number of hydrogen-bond donors (Lipinski definition) is 0. The number of nitrogens with zero attached hydrogens (tertiary/aromatic N) is 4. The van der Waals surface area contributed by atoms with E-state index in [-0.39, 0.29) is 16.7 Å². The molecule has 0 aromatic carbocycles. The lowest BCUT2D eigenvalue weighted by Crippen LogP contribution is -2.54. The molecule has 8 nitrogen and oxygen atoms in total. The second kappa shape index (κ2) is 8.96. The summed E-state index contributed by atoms with van der Waals surface area (Å²) in [5.74, 6) is 0.441. The van der Waals surface area contributed by atoms with E-state index in [0.29, 0.717) is 43.4 Å². The van der Waals surface area contributed by atoms with Gasteiger partial charge in [0.05, 0.1) is 0 Å². The Balaban J connectivity index is 1.30. The van der Waals surface area contributed by atoms with Gasteiger partial charge >= 0.3 is 0 Å². The first kappa shape index (κ1) is 21.8. The molecule has 3 heterocycles. The number of aromatic nitrogens is 1. The van der Waals surface area contributed by atoms with Crippen LogP contribution in [0.1, 0.15) is 56.4 Å². The monoisotopic (exact) mass is 438 g/mol. The first-order valence-corrected chi connectivity index (χ1v) is 12.8. The Bertz CT molecular complexity index is 827. The highest BCUT2D eigenvalue weighted by atomic mass is 32.2. The molecule has 9 heteroatoms. The molecule has 1 aliphatic carbocycles. The van der Waals surface area contributed by atoms with Crippen molar-refractivity contribution in [1.29, 1.82) is 0 Å². The third-order valence-corrected chi connectivity index (χ3v) is 9.23. The van der Waals surface area contributed by atoms with Gasteiger partial charge < -0.3 is 9.42 Å². The van der Waals surface area contributed by atoms with E-state index in [4.69, 9.17) is 4.52 Å². The molecule has 1 aromatic heterocycles. The van der Waals surface area contributed by atoms with Gasteiger partial charge in [-0.25, -0.2) is 8.42 Å². The number of piperidine rings is 1. The minimum absolute atomic E-state index is 0.0812. The summed E-state index contributed by atoms with van der Waals surface area (Å²) in [5.41, 5.74) is 0.390. The molecule has 0 atom stereocenters. The number of aryl methyl sites for hydroxylation is 2. The molecule has 0 N–H and O–H groups in total. The highest BCUT2D eigenvalue weighted by Gasteiger charge is 2.37. The van der Waals surface area contributed by atoms with Crippen molar-refractivity contribution in [2.75, 3.05) is 39.3 Å². The summed E-state index contributed by atoms with van der Waals surface area (Å²) in [6, 6.07) is 0.703. The summed E-state index contributed by atoms with van der Waals surface area (Å²) in [7, 11) is -3.63. The Labute approximate surface area is 179 Å². The zero-order valence-corrected chi connectivity index (χ0v) is 19.0. The predicted octanol–water partition coefficient (Wildman–Crippen LogP) is 2.17. The van der Waals surface area contributed by atoms with Crippen molar-refractivity contribution in [3.8, 4) is 0 Å². The summed E-state index contributed by atoms with van der Waals surface area (Å²) in [5, 5.41) is 3.78. The van der Waals surface area contributed by atoms with Crippen molar-refractivity contribution in [2.45, 2.75) is 69.7 Å². The van der Waals surface area contributed by atoms with Crippen LogP contribution in [0.5, 0.6) is 0 Å². The second-order valence-electron chi connectivity index (χ2n) is 8.98. The average Bonchev–Trinajstić information content (AvgIpc) is 3.13. The van der Waals surface area contributed by atoms with Crippen LogP contribution >= 0.6 is 0 Å². The summed E-state index contributed by atoms with van der Waals surface area (Å²) < 4.78 is 32.5. The van der Waals surface area contributed by atoms with Crippen LogP contribution < -0.4 is 0 Å². The van der Waals surface area contributed by atoms with Gasteiger partial charge in [0.15, 0.2) is 5.76 Å². The summed E-state index contributed by atoms with van der Waals surface area (Å²) >= 11 is 0. The van der Waals surface area contributed by atoms with Gasteiger partial charge in [0.2, 0.25) is 15.9 Å². The number of rotatable bonds is 4. The fraction of sp³-hybridized carbons (Fsp3) is 0.810. The lowest BCUT2D eigenvalue weighted by molar-refractivity contribution is -0.139. The summed E-state index contributed by atoms with van der Waals surface area (Å²) in [4.78, 5) is 17.8. The Hall–Kier alpha value is -1.45. The minimum Gasteiger partial charge on any atom is -0.360 e. The minimum atomic E-state index is -3.63. The van der Waals surface area contributed by atoms with Gasteiger partial charge in [0.1, 0.15) is 10.6 Å². The number of carbonyl (C=O) groups is 1. The van der Waals surface area contributed by atoms with E-state index in [1.54, 1.807) is 13.8 Å². The van der Waals surface area contributed by atoms with Gasteiger partial charge in [-0.15, -0.1) is 0 Å². The molecule has 0 unspecified atom stereocenters. The number of piperazine rings is 1. The van der Waals surface area contributed by atoms with Crippen LogP contribution in [0.3, 0.4) is 0 Å². The first-order chi connectivity index (χ1) is 14.4. The molecule has 1 saturated carbocycles. The lowest BCUT2D eigenvalue weighted by Gasteiger charge is -2.42. The van der Waals surface area contributed by atoms with Crippen LogP contribution in [-0.2, 0) is 14.8 Å². The molecule has 0 spiro atoms. The third kappa shape index (κ3) is 4.29. The lowest BCUT2D eigenvalue weighted by atomic mass is 9.93. The van der Waals surface area contributed by atoms with Crippen molar-refractivity contribution in [1.82, 2.24) is 19.3 Å². The molecular weight excluding hydrogens is 404 g/mol. The predicted molar refractivity (Wildman–Crippen MR) is 112 cm³/mol. The van der Waals surface area contributed by atoms with Crippen LogP contribution in [-0.4, -0.2) is 78.9 Å². The number of carbonyl (C=O) groups excluding carboxylic acids is 1. The highest BCUT2D eigenvalue weighted by Crippen LogP contribution is 2.29. The fourth-order valence-corrected chi connectivity index (χ4v) is 7.09. The van der Waals surface area contributed by atoms with E-state index in [9.17, 15) is 13.2 Å². The molecule has 2 aliphatic heterocycles. The van der Waals surface area contributed by atoms with Crippen molar-refractivity contribution in [3.63, 3.8) is 0 Å². The van der Waals surface area contributed by atoms with E-state index in [0.717, 1.165) is 26.2 Å². The van der Waals surface area contributed by atoms with Crippen LogP contribution in [0.4, 0.5) is 0 Å². The standard InChI is InChI=1S/C21H34N4O4S/c1-16-20(17(2)29-22-16)30(27,28)25-10-8-18(9-11-25)21(26)24-14-12-23(13-15-24)19-6-4-3-5-7-19/h18-19H,3-15H2,1-2H3. The number of hydrogen-bond acceptors (Lipinski definition) is 6. The van der Waals surface area contributed by atoms with Crippen LogP contribution in [0, 0.1) is 19.8 Å². The molecule has 1 amide bonds. The molecule has 0 bridgehead atoms. The Morgan fingerprint density at radius 1 is 0.933 bits per heavy atom. The summed E-state index contributed by atoms with van der Waals surface area (Å²) in [6.45, 7) is 7.53. The second-order valence-corrected chi connectivity index (χ2v) is 10.9. The smallest absolute Gasteiger partial charge is 0.248 e. The van der Waals surface area contributed by atoms with Gasteiger partial charge in [0, 0.05) is 51.2 Å². The third-order valence-electron chi connectivity index (χ3n) is 7.09. The van der Waals surface area contributed by atoms with E-state index in [1.807, 2.05) is 4.90 Å². The highest BCUT2D eigenvalue weighted by molar-refractivity contribution is 7.89. The van der Waals surface area contributed by atoms with Gasteiger partial charge in [-0.2, -0.15) is 4.31 Å². The largest absolute Gasteiger partial charge is 0.360 e. The molecular formula is C21H34N4O4S. The number of amides is 1. The first-order valence-electron chi connectivity index (χ1n) is 11.3. The van der Waals surface area contributed by atoms with Crippen molar-refractivity contribution in [3.05, 3.63) is 11.5 Å². The van der Waals surface area contributed by atoms with Crippen molar-refractivity contribution >= 4 is 15.9 Å². The zero-order valence-electron chi connectivity index (χ0n) is 18.2. The van der Waals surface area contributed by atoms with Crippen molar-refractivity contribution in [2.24, 2.45) is 5.92 Å². The van der Waals surface area contributed by atoms with Gasteiger partial charge in [-0.1, -0.05) is 24.4 Å². The summed E-state index contributed by atoms with van der Waals surface area (Å²) in [6.07, 6.45) is 7.77. The maximum Gasteiger partial charge on any atom is 0.248 e. The van der Waals surface area contributed by atoms with Crippen LogP contribution in [0.2, 0.25) is 0 Å². The number of sulfonamides is 1. The molecule has 30 heavy (non-hydrogen) atoms. The topological polar surface area (TPSA) is 87.0 Å². The van der Waals surface area contributed by atoms with Gasteiger partial charge in [-0.05, 0) is 39.5 Å². The zero-order chi connectivity index (χ0) is 21.3. The molecule has 3 fully saturated rings. The quantitative estimate of drug-likeness (QED) is 0.716. The average molecular weight is 439 g/mol. The van der Waals surface area contributed by atoms with Crippen LogP contribution in [0.25, 0.3) is 0 Å². The molecule has 1 aromatic rings. The van der Waals surface area contributed by atoms with Crippen molar-refractivity contribution < 1.29 is 17.7 Å². The van der Waals surface area contributed by atoms with Crippen LogP contribution in [0.15, 0.2) is 9.42 Å². The molecule has 4 rings (SSSR count). The fourth-order valence-electron chi connectivity index (χ4n) is 5.33. The SMILES string of the molecule is Cc1noc(C)c1S(=O)(=O)N1CCC(C(=O)N2CCN(C3CCCCC3)CC2)CC1. The van der Waals surface area contributed by atoms with E-state index in [2.05, 4.69) is 10.1 Å². The van der Waals surface area contributed by atoms with Gasteiger partial charge in [-0.3, -0.25) is 9.69 Å². The Morgan fingerprint density at radius 3 is 2.13 bits per heavy atom. The van der Waals surface area contributed by atoms with Gasteiger partial charge in [0.25, 0.3) is 0 Å². The van der Waals surface area contributed by atoms with E-state index in [1.165, 1.54) is 36.4 Å². The molecule has 3 aliphatic rings.